The van der Waals surface area contributed by atoms with Crippen molar-refractivity contribution in [3.8, 4) is 11.3 Å². The van der Waals surface area contributed by atoms with Gasteiger partial charge in [0.1, 0.15) is 0 Å². The standard InChI is InChI=1S/C20H24BNO3/c1-19(2)20(3,4)25-21(24-19)17(14-23)13-15-8-10-16(11-9-15)18-7-5-6-12-22-18/h5-13,23H,14H2,1-4H3. The monoisotopic (exact) mass is 337 g/mol. The molecule has 1 aliphatic heterocycles. The summed E-state index contributed by atoms with van der Waals surface area (Å²) in [5, 5.41) is 9.78. The number of hydrogen-bond acceptors (Lipinski definition) is 4. The maximum absolute atomic E-state index is 9.78. The van der Waals surface area contributed by atoms with Gasteiger partial charge in [0.15, 0.2) is 0 Å². The summed E-state index contributed by atoms with van der Waals surface area (Å²) in [6, 6.07) is 13.9. The third-order valence-corrected chi connectivity index (χ3v) is 4.96. The van der Waals surface area contributed by atoms with Gasteiger partial charge in [0.05, 0.1) is 23.5 Å². The molecule has 1 N–H and O–H groups in total. The van der Waals surface area contributed by atoms with E-state index >= 15 is 0 Å². The predicted octanol–water partition coefficient (Wildman–Crippen LogP) is 3.76. The largest absolute Gasteiger partial charge is 0.492 e. The second kappa shape index (κ2) is 6.75. The molecule has 1 saturated heterocycles. The van der Waals surface area contributed by atoms with Gasteiger partial charge in [-0.2, -0.15) is 0 Å². The summed E-state index contributed by atoms with van der Waals surface area (Å²) in [6.45, 7) is 7.90. The number of aliphatic hydroxyl groups excluding tert-OH is 1. The van der Waals surface area contributed by atoms with E-state index < -0.39 is 18.3 Å². The molecule has 0 spiro atoms. The first-order valence-corrected chi connectivity index (χ1v) is 8.51. The molecule has 130 valence electrons. The van der Waals surface area contributed by atoms with Crippen molar-refractivity contribution in [2.24, 2.45) is 0 Å². The highest BCUT2D eigenvalue weighted by Gasteiger charge is 2.52. The van der Waals surface area contributed by atoms with E-state index in [1.165, 1.54) is 0 Å². The number of benzene rings is 1. The van der Waals surface area contributed by atoms with Crippen molar-refractivity contribution in [3.05, 3.63) is 59.7 Å². The number of rotatable bonds is 4. The molecule has 5 heteroatoms. The van der Waals surface area contributed by atoms with Crippen LogP contribution in [0.5, 0.6) is 0 Å². The first-order chi connectivity index (χ1) is 11.8. The lowest BCUT2D eigenvalue weighted by Crippen LogP contribution is -2.41. The first-order valence-electron chi connectivity index (χ1n) is 8.51. The molecule has 25 heavy (non-hydrogen) atoms. The minimum Gasteiger partial charge on any atom is -0.400 e. The summed E-state index contributed by atoms with van der Waals surface area (Å²) in [5.41, 5.74) is 2.84. The zero-order chi connectivity index (χ0) is 18.1. The van der Waals surface area contributed by atoms with Gasteiger partial charge in [-0.05, 0) is 50.9 Å². The number of aliphatic hydroxyl groups is 1. The predicted molar refractivity (Wildman–Crippen MR) is 101 cm³/mol. The van der Waals surface area contributed by atoms with E-state index in [1.807, 2.05) is 76.2 Å². The maximum Gasteiger partial charge on any atom is 0.492 e. The van der Waals surface area contributed by atoms with Crippen LogP contribution in [-0.4, -0.2) is 35.0 Å². The first kappa shape index (κ1) is 17.9. The average molecular weight is 337 g/mol. The molecule has 0 bridgehead atoms. The molecule has 1 fully saturated rings. The zero-order valence-corrected chi connectivity index (χ0v) is 15.2. The van der Waals surface area contributed by atoms with Crippen molar-refractivity contribution in [2.45, 2.75) is 38.9 Å². The van der Waals surface area contributed by atoms with Crippen LogP contribution in [0.25, 0.3) is 17.3 Å². The summed E-state index contributed by atoms with van der Waals surface area (Å²) in [4.78, 5) is 4.36. The molecule has 3 rings (SSSR count). The second-order valence-electron chi connectivity index (χ2n) is 7.30. The molecular formula is C20H24BNO3. The molecule has 4 nitrogen and oxygen atoms in total. The third kappa shape index (κ3) is 3.69. The third-order valence-electron chi connectivity index (χ3n) is 4.96. The van der Waals surface area contributed by atoms with E-state index in [0.717, 1.165) is 16.8 Å². The van der Waals surface area contributed by atoms with Gasteiger partial charge >= 0.3 is 7.12 Å². The van der Waals surface area contributed by atoms with E-state index in [-0.39, 0.29) is 6.61 Å². The van der Waals surface area contributed by atoms with Gasteiger partial charge in [0, 0.05) is 11.8 Å². The minimum atomic E-state index is -0.537. The van der Waals surface area contributed by atoms with Crippen LogP contribution in [0.15, 0.2) is 54.1 Å². The quantitative estimate of drug-likeness (QED) is 0.863. The van der Waals surface area contributed by atoms with Gasteiger partial charge in [-0.1, -0.05) is 36.4 Å². The highest BCUT2D eigenvalue weighted by atomic mass is 16.7. The van der Waals surface area contributed by atoms with Crippen molar-refractivity contribution >= 4 is 13.2 Å². The fourth-order valence-electron chi connectivity index (χ4n) is 2.68. The lowest BCUT2D eigenvalue weighted by molar-refractivity contribution is 0.00578. The Hall–Kier alpha value is -1.95. The van der Waals surface area contributed by atoms with Crippen LogP contribution >= 0.6 is 0 Å². The molecule has 0 radical (unpaired) electrons. The molecule has 0 atom stereocenters. The van der Waals surface area contributed by atoms with E-state index in [2.05, 4.69) is 4.98 Å². The fraction of sp³-hybridized carbons (Fsp3) is 0.350. The lowest BCUT2D eigenvalue weighted by Gasteiger charge is -2.32. The molecule has 0 aliphatic carbocycles. The molecule has 2 heterocycles. The Morgan fingerprint density at radius 3 is 2.20 bits per heavy atom. The molecule has 2 aromatic rings. The Labute approximate surface area is 149 Å². The SMILES string of the molecule is CC1(C)OB(C(=Cc2ccc(-c3ccccn3)cc2)CO)OC1(C)C. The molecule has 1 aliphatic rings. The number of hydrogen-bond donors (Lipinski definition) is 1. The normalized spacial score (nSPS) is 19.2. The number of aromatic nitrogens is 1. The van der Waals surface area contributed by atoms with Gasteiger partial charge in [-0.25, -0.2) is 0 Å². The smallest absolute Gasteiger partial charge is 0.400 e. The van der Waals surface area contributed by atoms with Crippen molar-refractivity contribution in [1.29, 1.82) is 0 Å². The van der Waals surface area contributed by atoms with Crippen LogP contribution in [0.3, 0.4) is 0 Å². The van der Waals surface area contributed by atoms with Crippen molar-refractivity contribution in [1.82, 2.24) is 4.98 Å². The van der Waals surface area contributed by atoms with Crippen molar-refractivity contribution in [3.63, 3.8) is 0 Å². The van der Waals surface area contributed by atoms with E-state index in [4.69, 9.17) is 9.31 Å². The van der Waals surface area contributed by atoms with Gasteiger partial charge in [-0.15, -0.1) is 0 Å². The van der Waals surface area contributed by atoms with E-state index in [1.54, 1.807) is 6.20 Å². The molecule has 0 saturated carbocycles. The Bertz CT molecular complexity index is 738. The minimum absolute atomic E-state index is 0.112. The topological polar surface area (TPSA) is 51.6 Å². The van der Waals surface area contributed by atoms with Crippen LogP contribution < -0.4 is 0 Å². The Balaban J connectivity index is 1.81. The second-order valence-corrected chi connectivity index (χ2v) is 7.30. The van der Waals surface area contributed by atoms with Crippen LogP contribution in [0.2, 0.25) is 0 Å². The molecular weight excluding hydrogens is 313 g/mol. The lowest BCUT2D eigenvalue weighted by atomic mass is 9.77. The summed E-state index contributed by atoms with van der Waals surface area (Å²) < 4.78 is 12.0. The summed E-state index contributed by atoms with van der Waals surface area (Å²) in [6.07, 6.45) is 3.70. The Morgan fingerprint density at radius 1 is 1.04 bits per heavy atom. The van der Waals surface area contributed by atoms with Gasteiger partial charge in [0.25, 0.3) is 0 Å². The molecule has 0 amide bonds. The van der Waals surface area contributed by atoms with Crippen LogP contribution in [-0.2, 0) is 9.31 Å². The van der Waals surface area contributed by atoms with E-state index in [0.29, 0.717) is 5.47 Å². The Morgan fingerprint density at radius 2 is 1.68 bits per heavy atom. The zero-order valence-electron chi connectivity index (χ0n) is 15.2. The van der Waals surface area contributed by atoms with Gasteiger partial charge < -0.3 is 14.4 Å². The summed E-state index contributed by atoms with van der Waals surface area (Å²) >= 11 is 0. The molecule has 1 aromatic heterocycles. The highest BCUT2D eigenvalue weighted by molar-refractivity contribution is 6.55. The molecule has 0 unspecified atom stereocenters. The highest BCUT2D eigenvalue weighted by Crippen LogP contribution is 2.38. The van der Waals surface area contributed by atoms with Crippen molar-refractivity contribution in [2.75, 3.05) is 6.61 Å². The fourth-order valence-corrected chi connectivity index (χ4v) is 2.68. The van der Waals surface area contributed by atoms with Crippen molar-refractivity contribution < 1.29 is 14.4 Å². The number of nitrogens with zero attached hydrogens (tertiary/aromatic N) is 1. The summed E-state index contributed by atoms with van der Waals surface area (Å²) in [5.74, 6) is 0. The van der Waals surface area contributed by atoms with Crippen LogP contribution in [0.1, 0.15) is 33.3 Å². The van der Waals surface area contributed by atoms with Crippen LogP contribution in [0, 0.1) is 0 Å². The number of pyridine rings is 1. The van der Waals surface area contributed by atoms with Gasteiger partial charge in [0.2, 0.25) is 0 Å². The van der Waals surface area contributed by atoms with E-state index in [9.17, 15) is 5.11 Å². The Kier molecular flexibility index (Phi) is 4.82. The summed E-state index contributed by atoms with van der Waals surface area (Å²) in [7, 11) is -0.537. The average Bonchev–Trinajstić information content (AvgIpc) is 2.81. The maximum atomic E-state index is 9.78. The molecule has 1 aromatic carbocycles. The van der Waals surface area contributed by atoms with Crippen LogP contribution in [0.4, 0.5) is 0 Å². The van der Waals surface area contributed by atoms with Gasteiger partial charge in [-0.3, -0.25) is 4.98 Å².